The van der Waals surface area contributed by atoms with Gasteiger partial charge in [0.05, 0.1) is 10.9 Å². The predicted molar refractivity (Wildman–Crippen MR) is 84.8 cm³/mol. The zero-order valence-corrected chi connectivity index (χ0v) is 13.1. The number of aromatic carboxylic acids is 1. The summed E-state index contributed by atoms with van der Waals surface area (Å²) in [6.45, 7) is 3.45. The van der Waals surface area contributed by atoms with Crippen LogP contribution in [-0.4, -0.2) is 15.6 Å². The molecule has 2 saturated carbocycles. The number of benzene rings is 1. The highest BCUT2D eigenvalue weighted by Gasteiger charge is 2.34. The van der Waals surface area contributed by atoms with Gasteiger partial charge in [-0.1, -0.05) is 0 Å². The normalized spacial score (nSPS) is 17.7. The van der Waals surface area contributed by atoms with Crippen molar-refractivity contribution >= 4 is 16.9 Å². The maximum Gasteiger partial charge on any atom is 0.341 e. The van der Waals surface area contributed by atoms with E-state index in [-0.39, 0.29) is 34.3 Å². The summed E-state index contributed by atoms with van der Waals surface area (Å²) in [6.07, 6.45) is 5.33. The minimum atomic E-state index is -1.25. The third-order valence-electron chi connectivity index (χ3n) is 5.09. The van der Waals surface area contributed by atoms with Gasteiger partial charge >= 0.3 is 5.97 Å². The lowest BCUT2D eigenvalue weighted by Gasteiger charge is -2.19. The van der Waals surface area contributed by atoms with E-state index in [1.165, 1.54) is 6.20 Å². The number of aryl methyl sites for hydroxylation is 2. The molecule has 1 N–H and O–H groups in total. The standard InChI is InChI=1S/C18H18FNO3/c1-8-14-16(9(2)13(15(8)19)10-3-4-10)20(11-5-6-11)7-12(17(14)21)18(22)23/h7,10-11H,3-6H2,1-2H3,(H,22,23). The van der Waals surface area contributed by atoms with Crippen molar-refractivity contribution < 1.29 is 14.3 Å². The van der Waals surface area contributed by atoms with Gasteiger partial charge in [0.25, 0.3) is 0 Å². The molecule has 5 heteroatoms. The van der Waals surface area contributed by atoms with Crippen molar-refractivity contribution in [1.29, 1.82) is 0 Å². The fraction of sp³-hybridized carbons (Fsp3) is 0.444. The Labute approximate surface area is 132 Å². The molecule has 120 valence electrons. The molecule has 1 heterocycles. The van der Waals surface area contributed by atoms with Crippen LogP contribution in [0.25, 0.3) is 10.9 Å². The second-order valence-electron chi connectivity index (χ2n) is 6.79. The zero-order valence-electron chi connectivity index (χ0n) is 13.1. The van der Waals surface area contributed by atoms with Gasteiger partial charge in [-0.25, -0.2) is 9.18 Å². The average molecular weight is 315 g/mol. The molecule has 0 saturated heterocycles. The molecule has 4 nitrogen and oxygen atoms in total. The van der Waals surface area contributed by atoms with Crippen LogP contribution >= 0.6 is 0 Å². The number of carboxylic acids is 1. The smallest absolute Gasteiger partial charge is 0.341 e. The number of aromatic nitrogens is 1. The molecule has 0 bridgehead atoms. The summed E-state index contributed by atoms with van der Waals surface area (Å²) in [5.74, 6) is -1.35. The van der Waals surface area contributed by atoms with E-state index in [1.807, 2.05) is 11.5 Å². The van der Waals surface area contributed by atoms with E-state index in [0.717, 1.165) is 36.8 Å². The predicted octanol–water partition coefficient (Wildman–Crippen LogP) is 3.67. The van der Waals surface area contributed by atoms with Crippen LogP contribution in [-0.2, 0) is 0 Å². The van der Waals surface area contributed by atoms with Crippen LogP contribution in [0.1, 0.15) is 64.7 Å². The van der Waals surface area contributed by atoms with Crippen molar-refractivity contribution in [2.45, 2.75) is 51.5 Å². The van der Waals surface area contributed by atoms with E-state index in [0.29, 0.717) is 5.56 Å². The lowest BCUT2D eigenvalue weighted by atomic mass is 9.94. The van der Waals surface area contributed by atoms with Crippen LogP contribution in [0.5, 0.6) is 0 Å². The largest absolute Gasteiger partial charge is 0.477 e. The van der Waals surface area contributed by atoms with Crippen molar-refractivity contribution in [3.05, 3.63) is 44.5 Å². The van der Waals surface area contributed by atoms with Gasteiger partial charge in [-0.3, -0.25) is 4.79 Å². The Kier molecular flexibility index (Phi) is 2.92. The number of fused-ring (bicyclic) bond motifs is 1. The Morgan fingerprint density at radius 1 is 1.22 bits per heavy atom. The average Bonchev–Trinajstić information content (AvgIpc) is 3.36. The van der Waals surface area contributed by atoms with E-state index in [9.17, 15) is 19.1 Å². The number of nitrogens with zero attached hydrogens (tertiary/aromatic N) is 1. The first-order valence-corrected chi connectivity index (χ1v) is 8.02. The van der Waals surface area contributed by atoms with Crippen molar-refractivity contribution in [2.75, 3.05) is 0 Å². The summed E-state index contributed by atoms with van der Waals surface area (Å²) >= 11 is 0. The molecule has 2 aromatic rings. The fourth-order valence-electron chi connectivity index (χ4n) is 3.62. The topological polar surface area (TPSA) is 59.3 Å². The quantitative estimate of drug-likeness (QED) is 0.940. The van der Waals surface area contributed by atoms with Gasteiger partial charge in [-0.2, -0.15) is 0 Å². The Balaban J connectivity index is 2.20. The fourth-order valence-corrected chi connectivity index (χ4v) is 3.62. The van der Waals surface area contributed by atoms with Crippen LogP contribution in [0, 0.1) is 19.7 Å². The number of halogens is 1. The third-order valence-corrected chi connectivity index (χ3v) is 5.09. The first kappa shape index (κ1) is 14.4. The van der Waals surface area contributed by atoms with E-state index in [1.54, 1.807) is 6.92 Å². The number of carboxylic acid groups (broad SMARTS) is 1. The minimum Gasteiger partial charge on any atom is -0.477 e. The number of rotatable bonds is 3. The molecule has 2 aliphatic rings. The molecular formula is C18H18FNO3. The molecule has 2 fully saturated rings. The summed E-state index contributed by atoms with van der Waals surface area (Å²) in [5.41, 5.74) is 1.67. The van der Waals surface area contributed by atoms with E-state index >= 15 is 0 Å². The van der Waals surface area contributed by atoms with Crippen molar-refractivity contribution in [3.63, 3.8) is 0 Å². The molecular weight excluding hydrogens is 297 g/mol. The van der Waals surface area contributed by atoms with Gasteiger partial charge in [0.15, 0.2) is 0 Å². The molecule has 1 aromatic heterocycles. The third kappa shape index (κ3) is 2.02. The molecule has 0 radical (unpaired) electrons. The van der Waals surface area contributed by atoms with Gasteiger partial charge in [-0.15, -0.1) is 0 Å². The van der Waals surface area contributed by atoms with Gasteiger partial charge < -0.3 is 9.67 Å². The van der Waals surface area contributed by atoms with E-state index < -0.39 is 11.4 Å². The Morgan fingerprint density at radius 3 is 2.39 bits per heavy atom. The molecule has 2 aliphatic carbocycles. The maximum absolute atomic E-state index is 14.8. The summed E-state index contributed by atoms with van der Waals surface area (Å²) in [5, 5.41) is 9.56. The second-order valence-corrected chi connectivity index (χ2v) is 6.79. The maximum atomic E-state index is 14.8. The Morgan fingerprint density at radius 2 is 1.87 bits per heavy atom. The van der Waals surface area contributed by atoms with Crippen LogP contribution in [0.15, 0.2) is 11.0 Å². The highest BCUT2D eigenvalue weighted by Crippen LogP contribution is 2.46. The van der Waals surface area contributed by atoms with Crippen LogP contribution in [0.3, 0.4) is 0 Å². The SMILES string of the molecule is Cc1c(F)c(C2CC2)c(C)c2c1c(=O)c(C(=O)O)cn2C1CC1. The van der Waals surface area contributed by atoms with Gasteiger partial charge in [0.2, 0.25) is 5.43 Å². The molecule has 4 rings (SSSR count). The van der Waals surface area contributed by atoms with Crippen molar-refractivity contribution in [1.82, 2.24) is 4.57 Å². The molecule has 0 spiro atoms. The van der Waals surface area contributed by atoms with Crippen molar-refractivity contribution in [2.24, 2.45) is 0 Å². The Hall–Kier alpha value is -2.17. The molecule has 0 aliphatic heterocycles. The molecule has 0 unspecified atom stereocenters. The van der Waals surface area contributed by atoms with E-state index in [2.05, 4.69) is 0 Å². The van der Waals surface area contributed by atoms with Gasteiger partial charge in [-0.05, 0) is 62.1 Å². The summed E-state index contributed by atoms with van der Waals surface area (Å²) in [7, 11) is 0. The summed E-state index contributed by atoms with van der Waals surface area (Å²) in [4.78, 5) is 24.0. The number of hydrogen-bond donors (Lipinski definition) is 1. The number of carbonyl (C=O) groups is 1. The van der Waals surface area contributed by atoms with Crippen LogP contribution in [0.4, 0.5) is 4.39 Å². The number of pyridine rings is 1. The Bertz CT molecular complexity index is 920. The molecule has 0 amide bonds. The highest BCUT2D eigenvalue weighted by atomic mass is 19.1. The molecule has 0 atom stereocenters. The van der Waals surface area contributed by atoms with E-state index in [4.69, 9.17) is 0 Å². The van der Waals surface area contributed by atoms with Gasteiger partial charge in [0, 0.05) is 12.2 Å². The lowest BCUT2D eigenvalue weighted by molar-refractivity contribution is 0.0695. The lowest BCUT2D eigenvalue weighted by Crippen LogP contribution is -2.21. The molecule has 1 aromatic carbocycles. The monoisotopic (exact) mass is 315 g/mol. The highest BCUT2D eigenvalue weighted by molar-refractivity contribution is 5.95. The second kappa shape index (κ2) is 4.66. The zero-order chi connectivity index (χ0) is 16.5. The minimum absolute atomic E-state index is 0.215. The number of hydrogen-bond acceptors (Lipinski definition) is 2. The first-order chi connectivity index (χ1) is 10.9. The molecule has 23 heavy (non-hydrogen) atoms. The van der Waals surface area contributed by atoms with Crippen LogP contribution in [0.2, 0.25) is 0 Å². The summed E-state index contributed by atoms with van der Waals surface area (Å²) < 4.78 is 16.7. The van der Waals surface area contributed by atoms with Gasteiger partial charge in [0.1, 0.15) is 11.4 Å². The van der Waals surface area contributed by atoms with Crippen molar-refractivity contribution in [3.8, 4) is 0 Å². The first-order valence-electron chi connectivity index (χ1n) is 8.02. The summed E-state index contributed by atoms with van der Waals surface area (Å²) in [6, 6.07) is 0.215. The van der Waals surface area contributed by atoms with Crippen LogP contribution < -0.4 is 5.43 Å².